The fourth-order valence-corrected chi connectivity index (χ4v) is 4.19. The molecule has 94 valence electrons. The van der Waals surface area contributed by atoms with Crippen molar-refractivity contribution in [2.24, 2.45) is 11.7 Å². The first-order chi connectivity index (χ1) is 7.99. The molecule has 2 rings (SSSR count). The second-order valence-corrected chi connectivity index (χ2v) is 6.70. The fraction of sp³-hybridized carbons (Fsp3) is 0.500. The summed E-state index contributed by atoms with van der Waals surface area (Å²) in [5, 5.41) is -0.319. The number of sulfone groups is 1. The lowest BCUT2D eigenvalue weighted by Gasteiger charge is -2.02. The first kappa shape index (κ1) is 12.4. The molecule has 17 heavy (non-hydrogen) atoms. The van der Waals surface area contributed by atoms with E-state index in [1.807, 2.05) is 24.3 Å². The molecule has 2 N–H and O–H groups in total. The number of methoxy groups -OCH3 is 1. The summed E-state index contributed by atoms with van der Waals surface area (Å²) in [6, 6.07) is 7.52. The Balaban J connectivity index is 2.23. The highest BCUT2D eigenvalue weighted by molar-refractivity contribution is 7.91. The standard InChI is InChI=1S/C12H17NO3S/c1-16-9-5-3-8(4-6-9)11-10(7-13)12(11)17(2,14)15/h3-6,10-12H,7,13H2,1-2H3/t10-,11+,12-/m0/s1. The van der Waals surface area contributed by atoms with Crippen LogP contribution in [0, 0.1) is 5.92 Å². The Morgan fingerprint density at radius 2 is 1.88 bits per heavy atom. The van der Waals surface area contributed by atoms with Crippen molar-refractivity contribution < 1.29 is 13.2 Å². The molecule has 1 saturated carbocycles. The fourth-order valence-electron chi connectivity index (χ4n) is 2.47. The van der Waals surface area contributed by atoms with Gasteiger partial charge in [-0.05, 0) is 30.2 Å². The van der Waals surface area contributed by atoms with Crippen LogP contribution < -0.4 is 10.5 Å². The molecule has 0 heterocycles. The van der Waals surface area contributed by atoms with E-state index in [2.05, 4.69) is 0 Å². The first-order valence-corrected chi connectivity index (χ1v) is 7.47. The normalized spacial score (nSPS) is 27.8. The van der Waals surface area contributed by atoms with Gasteiger partial charge in [0, 0.05) is 12.2 Å². The van der Waals surface area contributed by atoms with Gasteiger partial charge >= 0.3 is 0 Å². The van der Waals surface area contributed by atoms with Crippen molar-refractivity contribution in [3.63, 3.8) is 0 Å². The van der Waals surface area contributed by atoms with Gasteiger partial charge in [0.25, 0.3) is 0 Å². The van der Waals surface area contributed by atoms with Gasteiger partial charge in [-0.25, -0.2) is 8.42 Å². The van der Waals surface area contributed by atoms with Gasteiger partial charge in [-0.1, -0.05) is 12.1 Å². The largest absolute Gasteiger partial charge is 0.497 e. The zero-order valence-corrected chi connectivity index (χ0v) is 10.8. The van der Waals surface area contributed by atoms with Crippen LogP contribution in [-0.2, 0) is 9.84 Å². The highest BCUT2D eigenvalue weighted by atomic mass is 32.2. The van der Waals surface area contributed by atoms with Gasteiger partial charge in [0.15, 0.2) is 9.84 Å². The highest BCUT2D eigenvalue weighted by Crippen LogP contribution is 2.51. The molecule has 1 aliphatic carbocycles. The van der Waals surface area contributed by atoms with Gasteiger partial charge in [-0.2, -0.15) is 0 Å². The van der Waals surface area contributed by atoms with Crippen LogP contribution in [0.15, 0.2) is 24.3 Å². The van der Waals surface area contributed by atoms with E-state index in [9.17, 15) is 8.42 Å². The monoisotopic (exact) mass is 255 g/mol. The molecule has 1 aromatic rings. The summed E-state index contributed by atoms with van der Waals surface area (Å²) in [6.45, 7) is 0.411. The van der Waals surface area contributed by atoms with Gasteiger partial charge in [0.1, 0.15) is 5.75 Å². The third kappa shape index (κ3) is 2.30. The zero-order chi connectivity index (χ0) is 12.6. The highest BCUT2D eigenvalue weighted by Gasteiger charge is 2.55. The Hall–Kier alpha value is -1.07. The maximum Gasteiger partial charge on any atom is 0.151 e. The van der Waals surface area contributed by atoms with E-state index < -0.39 is 9.84 Å². The second kappa shape index (κ2) is 4.31. The molecule has 1 aromatic carbocycles. The van der Waals surface area contributed by atoms with Crippen molar-refractivity contribution in [3.05, 3.63) is 29.8 Å². The van der Waals surface area contributed by atoms with Crippen molar-refractivity contribution >= 4 is 9.84 Å². The third-order valence-corrected chi connectivity index (χ3v) is 5.00. The van der Waals surface area contributed by atoms with Gasteiger partial charge in [-0.15, -0.1) is 0 Å². The maximum atomic E-state index is 11.6. The third-order valence-electron chi connectivity index (χ3n) is 3.36. The molecule has 0 bridgehead atoms. The number of nitrogens with two attached hydrogens (primary N) is 1. The molecule has 0 unspecified atom stereocenters. The Labute approximate surface area is 102 Å². The van der Waals surface area contributed by atoms with Crippen molar-refractivity contribution in [2.45, 2.75) is 11.2 Å². The molecule has 0 aromatic heterocycles. The molecule has 0 saturated heterocycles. The van der Waals surface area contributed by atoms with E-state index in [4.69, 9.17) is 10.5 Å². The van der Waals surface area contributed by atoms with Crippen molar-refractivity contribution in [1.82, 2.24) is 0 Å². The summed E-state index contributed by atoms with van der Waals surface area (Å²) >= 11 is 0. The molecule has 5 heteroatoms. The summed E-state index contributed by atoms with van der Waals surface area (Å²) in [6.07, 6.45) is 1.28. The molecule has 1 fully saturated rings. The molecule has 0 amide bonds. The molecule has 0 radical (unpaired) electrons. The quantitative estimate of drug-likeness (QED) is 0.863. The van der Waals surface area contributed by atoms with E-state index in [0.717, 1.165) is 11.3 Å². The second-order valence-electron chi connectivity index (χ2n) is 4.49. The van der Waals surface area contributed by atoms with Gasteiger partial charge in [0.2, 0.25) is 0 Å². The lowest BCUT2D eigenvalue weighted by Crippen LogP contribution is -2.11. The molecule has 3 atom stereocenters. The van der Waals surface area contributed by atoms with Crippen LogP contribution in [-0.4, -0.2) is 33.6 Å². The number of hydrogen-bond acceptors (Lipinski definition) is 4. The van der Waals surface area contributed by atoms with E-state index in [1.165, 1.54) is 6.26 Å². The van der Waals surface area contributed by atoms with E-state index >= 15 is 0 Å². The van der Waals surface area contributed by atoms with Crippen LogP contribution in [0.1, 0.15) is 11.5 Å². The van der Waals surface area contributed by atoms with Crippen LogP contribution in [0.25, 0.3) is 0 Å². The average Bonchev–Trinajstić information content (AvgIpc) is 3.03. The molecular weight excluding hydrogens is 238 g/mol. The van der Waals surface area contributed by atoms with E-state index in [1.54, 1.807) is 7.11 Å². The van der Waals surface area contributed by atoms with Gasteiger partial charge < -0.3 is 10.5 Å². The summed E-state index contributed by atoms with van der Waals surface area (Å²) in [4.78, 5) is 0. The lowest BCUT2D eigenvalue weighted by molar-refractivity contribution is 0.414. The molecule has 4 nitrogen and oxygen atoms in total. The molecule has 0 spiro atoms. The Bertz CT molecular complexity index is 495. The molecule has 0 aliphatic heterocycles. The summed E-state index contributed by atoms with van der Waals surface area (Å²) in [5.74, 6) is 0.869. The first-order valence-electron chi connectivity index (χ1n) is 5.52. The van der Waals surface area contributed by atoms with Crippen LogP contribution in [0.2, 0.25) is 0 Å². The predicted octanol–water partition coefficient (Wildman–Crippen LogP) is 0.780. The topological polar surface area (TPSA) is 69.4 Å². The zero-order valence-electron chi connectivity index (χ0n) is 9.96. The lowest BCUT2D eigenvalue weighted by atomic mass is 10.1. The predicted molar refractivity (Wildman–Crippen MR) is 66.9 cm³/mol. The SMILES string of the molecule is COc1ccc([C@@H]2[C@H](CN)[C@@H]2S(C)(=O)=O)cc1. The molecule has 1 aliphatic rings. The van der Waals surface area contributed by atoms with Crippen molar-refractivity contribution in [1.29, 1.82) is 0 Å². The Morgan fingerprint density at radius 1 is 1.29 bits per heavy atom. The van der Waals surface area contributed by atoms with Crippen LogP contribution in [0.4, 0.5) is 0 Å². The summed E-state index contributed by atoms with van der Waals surface area (Å²) in [5.41, 5.74) is 6.64. The summed E-state index contributed by atoms with van der Waals surface area (Å²) in [7, 11) is -1.41. The van der Waals surface area contributed by atoms with E-state index in [0.29, 0.717) is 6.54 Å². The number of hydrogen-bond donors (Lipinski definition) is 1. The smallest absolute Gasteiger partial charge is 0.151 e. The minimum atomic E-state index is -3.02. The van der Waals surface area contributed by atoms with Crippen LogP contribution in [0.5, 0.6) is 5.75 Å². The molecular formula is C12H17NO3S. The maximum absolute atomic E-state index is 11.6. The Morgan fingerprint density at radius 3 is 2.24 bits per heavy atom. The minimum absolute atomic E-state index is 0.0425. The summed E-state index contributed by atoms with van der Waals surface area (Å²) < 4.78 is 28.3. The van der Waals surface area contributed by atoms with Crippen molar-refractivity contribution in [2.75, 3.05) is 19.9 Å². The van der Waals surface area contributed by atoms with Crippen LogP contribution in [0.3, 0.4) is 0 Å². The Kier molecular flexibility index (Phi) is 3.14. The van der Waals surface area contributed by atoms with Gasteiger partial charge in [0.05, 0.1) is 12.4 Å². The van der Waals surface area contributed by atoms with E-state index in [-0.39, 0.29) is 17.1 Å². The van der Waals surface area contributed by atoms with Gasteiger partial charge in [-0.3, -0.25) is 0 Å². The average molecular weight is 255 g/mol. The number of rotatable bonds is 4. The van der Waals surface area contributed by atoms with Crippen LogP contribution >= 0.6 is 0 Å². The van der Waals surface area contributed by atoms with Crippen molar-refractivity contribution in [3.8, 4) is 5.75 Å². The number of benzene rings is 1. The number of ether oxygens (including phenoxy) is 1. The minimum Gasteiger partial charge on any atom is -0.497 e.